The lowest BCUT2D eigenvalue weighted by atomic mass is 10.4. The fourth-order valence-corrected chi connectivity index (χ4v) is 0.735. The molecular formula is C7H10O5. The number of ether oxygens (including phenoxy) is 3. The van der Waals surface area contributed by atoms with Crippen LogP contribution in [0.15, 0.2) is 0 Å². The summed E-state index contributed by atoms with van der Waals surface area (Å²) < 4.78 is 13.8. The molecule has 0 N–H and O–H groups in total. The van der Waals surface area contributed by atoms with Crippen LogP contribution in [0.2, 0.25) is 0 Å². The monoisotopic (exact) mass is 174 g/mol. The number of cyclic esters (lactones) is 2. The van der Waals surface area contributed by atoms with Gasteiger partial charge in [0.25, 0.3) is 0 Å². The van der Waals surface area contributed by atoms with Crippen LogP contribution in [0.3, 0.4) is 0 Å². The highest BCUT2D eigenvalue weighted by Crippen LogP contribution is 2.06. The summed E-state index contributed by atoms with van der Waals surface area (Å²) in [6.07, 6.45) is -0.817. The first-order valence-corrected chi connectivity index (χ1v) is 3.71. The third-order valence-electron chi connectivity index (χ3n) is 1.37. The van der Waals surface area contributed by atoms with E-state index in [9.17, 15) is 9.59 Å². The van der Waals surface area contributed by atoms with Gasteiger partial charge in [0.2, 0.25) is 0 Å². The predicted molar refractivity (Wildman–Crippen MR) is 37.5 cm³/mol. The lowest BCUT2D eigenvalue weighted by molar-refractivity contribution is -0.145. The molecule has 0 radical (unpaired) electrons. The van der Waals surface area contributed by atoms with Crippen molar-refractivity contribution in [1.82, 2.24) is 0 Å². The molecule has 12 heavy (non-hydrogen) atoms. The number of esters is 1. The Labute approximate surface area is 69.6 Å². The molecule has 1 heterocycles. The van der Waals surface area contributed by atoms with Crippen molar-refractivity contribution in [2.75, 3.05) is 13.2 Å². The summed E-state index contributed by atoms with van der Waals surface area (Å²) in [4.78, 5) is 21.0. The number of carbonyl (C=O) groups is 2. The summed E-state index contributed by atoms with van der Waals surface area (Å²) in [5, 5.41) is 0. The summed E-state index contributed by atoms with van der Waals surface area (Å²) in [6, 6.07) is 0. The van der Waals surface area contributed by atoms with Gasteiger partial charge in [0.15, 0.2) is 6.10 Å². The zero-order chi connectivity index (χ0) is 8.97. The van der Waals surface area contributed by atoms with E-state index in [2.05, 4.69) is 9.47 Å². The molecule has 1 aliphatic rings. The second-order valence-corrected chi connectivity index (χ2v) is 2.34. The van der Waals surface area contributed by atoms with Gasteiger partial charge < -0.3 is 14.2 Å². The number of hydrogen-bond acceptors (Lipinski definition) is 5. The van der Waals surface area contributed by atoms with Gasteiger partial charge in [0.05, 0.1) is 0 Å². The lowest BCUT2D eigenvalue weighted by Gasteiger charge is -2.05. The van der Waals surface area contributed by atoms with Crippen molar-refractivity contribution in [2.24, 2.45) is 0 Å². The first-order valence-electron chi connectivity index (χ1n) is 3.71. The molecule has 0 bridgehead atoms. The maximum absolute atomic E-state index is 10.6. The molecular weight excluding hydrogens is 164 g/mol. The van der Waals surface area contributed by atoms with Crippen LogP contribution in [0.1, 0.15) is 13.3 Å². The van der Waals surface area contributed by atoms with Crippen LogP contribution in [0.25, 0.3) is 0 Å². The van der Waals surface area contributed by atoms with Crippen molar-refractivity contribution in [2.45, 2.75) is 19.4 Å². The Hall–Kier alpha value is -1.26. The van der Waals surface area contributed by atoms with Crippen LogP contribution in [-0.2, 0) is 19.0 Å². The predicted octanol–water partition coefficient (Wildman–Crippen LogP) is 0.475. The van der Waals surface area contributed by atoms with E-state index in [0.29, 0.717) is 6.42 Å². The van der Waals surface area contributed by atoms with Gasteiger partial charge in [-0.3, -0.25) is 4.79 Å². The van der Waals surface area contributed by atoms with E-state index in [1.54, 1.807) is 6.92 Å². The molecule has 1 unspecified atom stereocenters. The Morgan fingerprint density at radius 1 is 1.75 bits per heavy atom. The van der Waals surface area contributed by atoms with Crippen molar-refractivity contribution in [3.05, 3.63) is 0 Å². The SMILES string of the molecule is CCC(=O)OCC1COC(=O)O1. The van der Waals surface area contributed by atoms with E-state index >= 15 is 0 Å². The number of hydrogen-bond donors (Lipinski definition) is 0. The highest BCUT2D eigenvalue weighted by Gasteiger charge is 2.25. The van der Waals surface area contributed by atoms with Crippen molar-refractivity contribution in [3.8, 4) is 0 Å². The fourth-order valence-electron chi connectivity index (χ4n) is 0.735. The summed E-state index contributed by atoms with van der Waals surface area (Å²) in [5.74, 6) is -0.307. The molecule has 0 aromatic heterocycles. The van der Waals surface area contributed by atoms with Crippen molar-refractivity contribution in [1.29, 1.82) is 0 Å². The van der Waals surface area contributed by atoms with Gasteiger partial charge in [-0.25, -0.2) is 4.79 Å². The minimum atomic E-state index is -0.701. The summed E-state index contributed by atoms with van der Waals surface area (Å²) in [5.41, 5.74) is 0. The molecule has 0 amide bonds. The van der Waals surface area contributed by atoms with E-state index in [4.69, 9.17) is 4.74 Å². The lowest BCUT2D eigenvalue weighted by Crippen LogP contribution is -2.20. The molecule has 1 rings (SSSR count). The third kappa shape index (κ3) is 2.41. The largest absolute Gasteiger partial charge is 0.508 e. The van der Waals surface area contributed by atoms with Crippen LogP contribution in [0.5, 0.6) is 0 Å². The van der Waals surface area contributed by atoms with Crippen LogP contribution in [-0.4, -0.2) is 31.4 Å². The molecule has 5 heteroatoms. The van der Waals surface area contributed by atoms with Gasteiger partial charge in [0.1, 0.15) is 13.2 Å². The highest BCUT2D eigenvalue weighted by atomic mass is 16.8. The summed E-state index contributed by atoms with van der Waals surface area (Å²) in [6.45, 7) is 1.94. The van der Waals surface area contributed by atoms with Crippen molar-refractivity contribution >= 4 is 12.1 Å². The van der Waals surface area contributed by atoms with E-state index in [1.807, 2.05) is 0 Å². The van der Waals surface area contributed by atoms with E-state index in [1.165, 1.54) is 0 Å². The molecule has 1 aliphatic heterocycles. The van der Waals surface area contributed by atoms with Gasteiger partial charge in [-0.15, -0.1) is 0 Å². The van der Waals surface area contributed by atoms with E-state index < -0.39 is 12.3 Å². The third-order valence-corrected chi connectivity index (χ3v) is 1.37. The first-order chi connectivity index (χ1) is 5.72. The maximum Gasteiger partial charge on any atom is 0.508 e. The highest BCUT2D eigenvalue weighted by molar-refractivity contribution is 5.69. The minimum absolute atomic E-state index is 0.0818. The summed E-state index contributed by atoms with van der Waals surface area (Å²) >= 11 is 0. The van der Waals surface area contributed by atoms with Crippen molar-refractivity contribution < 1.29 is 23.8 Å². The molecule has 1 atom stereocenters. The zero-order valence-corrected chi connectivity index (χ0v) is 6.74. The van der Waals surface area contributed by atoms with E-state index in [0.717, 1.165) is 0 Å². The topological polar surface area (TPSA) is 61.8 Å². The molecule has 0 aliphatic carbocycles. The van der Waals surface area contributed by atoms with Crippen LogP contribution in [0.4, 0.5) is 4.79 Å². The van der Waals surface area contributed by atoms with Crippen LogP contribution < -0.4 is 0 Å². The minimum Gasteiger partial charge on any atom is -0.462 e. The molecule has 0 aromatic carbocycles. The Morgan fingerprint density at radius 3 is 3.00 bits per heavy atom. The Balaban J connectivity index is 2.16. The average Bonchev–Trinajstić information content (AvgIpc) is 2.47. The molecule has 68 valence electrons. The normalized spacial score (nSPS) is 21.4. The Bertz CT molecular complexity index is 188. The Morgan fingerprint density at radius 2 is 2.50 bits per heavy atom. The second kappa shape index (κ2) is 3.94. The number of rotatable bonds is 3. The van der Waals surface area contributed by atoms with Gasteiger partial charge in [-0.1, -0.05) is 6.92 Å². The summed E-state index contributed by atoms with van der Waals surface area (Å²) in [7, 11) is 0. The quantitative estimate of drug-likeness (QED) is 0.582. The second-order valence-electron chi connectivity index (χ2n) is 2.34. The molecule has 5 nitrogen and oxygen atoms in total. The molecule has 0 spiro atoms. The molecule has 1 saturated heterocycles. The molecule has 0 saturated carbocycles. The number of carbonyl (C=O) groups excluding carboxylic acids is 2. The van der Waals surface area contributed by atoms with E-state index in [-0.39, 0.29) is 19.2 Å². The Kier molecular flexibility index (Phi) is 2.90. The standard InChI is InChI=1S/C7H10O5/c1-2-6(8)10-3-5-4-11-7(9)12-5/h5H,2-4H2,1H3. The van der Waals surface area contributed by atoms with Crippen molar-refractivity contribution in [3.63, 3.8) is 0 Å². The van der Waals surface area contributed by atoms with Gasteiger partial charge in [-0.2, -0.15) is 0 Å². The first kappa shape index (κ1) is 8.83. The zero-order valence-electron chi connectivity index (χ0n) is 6.74. The molecule has 0 aromatic rings. The van der Waals surface area contributed by atoms with Crippen LogP contribution >= 0.6 is 0 Å². The van der Waals surface area contributed by atoms with Gasteiger partial charge in [-0.05, 0) is 0 Å². The van der Waals surface area contributed by atoms with Crippen LogP contribution in [0, 0.1) is 0 Å². The average molecular weight is 174 g/mol. The smallest absolute Gasteiger partial charge is 0.462 e. The molecule has 1 fully saturated rings. The van der Waals surface area contributed by atoms with Gasteiger partial charge in [0, 0.05) is 6.42 Å². The fraction of sp³-hybridized carbons (Fsp3) is 0.714. The maximum atomic E-state index is 10.6. The van der Waals surface area contributed by atoms with Gasteiger partial charge >= 0.3 is 12.1 Å².